The number of likely N-dealkylation sites (tertiary alicyclic amines) is 1. The van der Waals surface area contributed by atoms with Crippen molar-refractivity contribution in [1.82, 2.24) is 4.90 Å². The Balaban J connectivity index is 2.00. The molecule has 1 amide bonds. The van der Waals surface area contributed by atoms with E-state index in [-0.39, 0.29) is 5.91 Å². The van der Waals surface area contributed by atoms with Crippen molar-refractivity contribution in [2.45, 2.75) is 32.2 Å². The Morgan fingerprint density at radius 3 is 2.61 bits per heavy atom. The van der Waals surface area contributed by atoms with Gasteiger partial charge in [-0.05, 0) is 56.9 Å². The maximum atomic E-state index is 12.9. The lowest BCUT2D eigenvalue weighted by molar-refractivity contribution is -0.137. The maximum Gasteiger partial charge on any atom is 0.247 e. The summed E-state index contributed by atoms with van der Waals surface area (Å²) in [4.78, 5) is 14.9. The van der Waals surface area contributed by atoms with Gasteiger partial charge in [-0.3, -0.25) is 4.79 Å². The third-order valence-electron chi connectivity index (χ3n) is 4.29. The summed E-state index contributed by atoms with van der Waals surface area (Å²) < 4.78 is 10.4. The van der Waals surface area contributed by atoms with E-state index in [1.165, 1.54) is 0 Å². The fraction of sp³-hybridized carbons (Fsp3) is 0.611. The second kappa shape index (κ2) is 7.68. The standard InChI is InChI=1S/C18H28N2O3/c1-18(2,19-15-7-9-16(23-4)10-8-15)17(21)20-11-5-6-14(12-20)13-22-3/h7-10,14,19H,5-6,11-13H2,1-4H3. The van der Waals surface area contributed by atoms with Gasteiger partial charge in [-0.25, -0.2) is 0 Å². The summed E-state index contributed by atoms with van der Waals surface area (Å²) in [5.74, 6) is 1.38. The summed E-state index contributed by atoms with van der Waals surface area (Å²) >= 11 is 0. The highest BCUT2D eigenvalue weighted by Crippen LogP contribution is 2.23. The topological polar surface area (TPSA) is 50.8 Å². The summed E-state index contributed by atoms with van der Waals surface area (Å²) in [6, 6.07) is 7.63. The number of piperidine rings is 1. The summed E-state index contributed by atoms with van der Waals surface area (Å²) in [6.07, 6.45) is 2.17. The smallest absolute Gasteiger partial charge is 0.247 e. The van der Waals surface area contributed by atoms with Gasteiger partial charge in [-0.15, -0.1) is 0 Å². The molecule has 1 aromatic carbocycles. The Morgan fingerprint density at radius 2 is 2.00 bits per heavy atom. The Kier molecular flexibility index (Phi) is 5.88. The van der Waals surface area contributed by atoms with Crippen molar-refractivity contribution < 1.29 is 14.3 Å². The number of hydrogen-bond acceptors (Lipinski definition) is 4. The van der Waals surface area contributed by atoms with Crippen LogP contribution in [0, 0.1) is 5.92 Å². The average Bonchev–Trinajstić information content (AvgIpc) is 2.55. The van der Waals surface area contributed by atoms with Crippen LogP contribution in [0.4, 0.5) is 5.69 Å². The minimum atomic E-state index is -0.649. The van der Waals surface area contributed by atoms with Crippen molar-refractivity contribution >= 4 is 11.6 Å². The maximum absolute atomic E-state index is 12.9. The molecular formula is C18H28N2O3. The van der Waals surface area contributed by atoms with Gasteiger partial charge in [0.2, 0.25) is 5.91 Å². The van der Waals surface area contributed by atoms with E-state index in [1.807, 2.05) is 43.0 Å². The fourth-order valence-electron chi connectivity index (χ4n) is 3.11. The predicted octanol–water partition coefficient (Wildman–Crippen LogP) is 2.77. The van der Waals surface area contributed by atoms with Gasteiger partial charge in [0.05, 0.1) is 13.7 Å². The van der Waals surface area contributed by atoms with Crippen molar-refractivity contribution in [3.63, 3.8) is 0 Å². The minimum absolute atomic E-state index is 0.133. The first-order valence-electron chi connectivity index (χ1n) is 8.17. The third kappa shape index (κ3) is 4.61. The molecule has 1 N–H and O–H groups in total. The summed E-state index contributed by atoms with van der Waals surface area (Å²) in [5.41, 5.74) is 0.262. The molecule has 128 valence electrons. The first kappa shape index (κ1) is 17.6. The van der Waals surface area contributed by atoms with Crippen LogP contribution >= 0.6 is 0 Å². The van der Waals surface area contributed by atoms with Crippen LogP contribution in [0.2, 0.25) is 0 Å². The number of methoxy groups -OCH3 is 2. The van der Waals surface area contributed by atoms with Gasteiger partial charge in [0.1, 0.15) is 11.3 Å². The lowest BCUT2D eigenvalue weighted by Crippen LogP contribution is -2.53. The molecular weight excluding hydrogens is 292 g/mol. The number of rotatable bonds is 6. The molecule has 1 unspecified atom stereocenters. The van der Waals surface area contributed by atoms with Crippen LogP contribution in [0.3, 0.4) is 0 Å². The number of carbonyl (C=O) groups excluding carboxylic acids is 1. The van der Waals surface area contributed by atoms with E-state index in [0.717, 1.165) is 44.0 Å². The minimum Gasteiger partial charge on any atom is -0.497 e. The molecule has 1 aliphatic rings. The van der Waals surface area contributed by atoms with E-state index in [9.17, 15) is 4.79 Å². The summed E-state index contributed by atoms with van der Waals surface area (Å²) in [7, 11) is 3.36. The van der Waals surface area contributed by atoms with Crippen molar-refractivity contribution in [3.05, 3.63) is 24.3 Å². The zero-order chi connectivity index (χ0) is 16.9. The Morgan fingerprint density at radius 1 is 1.30 bits per heavy atom. The van der Waals surface area contributed by atoms with Crippen LogP contribution in [-0.2, 0) is 9.53 Å². The van der Waals surface area contributed by atoms with Crippen LogP contribution < -0.4 is 10.1 Å². The number of anilines is 1. The first-order chi connectivity index (χ1) is 11.0. The van der Waals surface area contributed by atoms with E-state index in [4.69, 9.17) is 9.47 Å². The van der Waals surface area contributed by atoms with E-state index in [0.29, 0.717) is 5.92 Å². The van der Waals surface area contributed by atoms with Crippen molar-refractivity contribution in [1.29, 1.82) is 0 Å². The number of nitrogens with one attached hydrogen (secondary N) is 1. The van der Waals surface area contributed by atoms with Crippen molar-refractivity contribution in [2.75, 3.05) is 39.2 Å². The number of ether oxygens (including phenoxy) is 2. The number of nitrogens with zero attached hydrogens (tertiary/aromatic N) is 1. The van der Waals surface area contributed by atoms with Crippen LogP contribution in [0.25, 0.3) is 0 Å². The molecule has 5 nitrogen and oxygen atoms in total. The predicted molar refractivity (Wildman–Crippen MR) is 91.9 cm³/mol. The molecule has 1 saturated heterocycles. The molecule has 1 fully saturated rings. The molecule has 23 heavy (non-hydrogen) atoms. The van der Waals surface area contributed by atoms with E-state index >= 15 is 0 Å². The second-order valence-corrected chi connectivity index (χ2v) is 6.69. The number of carbonyl (C=O) groups is 1. The Labute approximate surface area is 139 Å². The molecule has 1 aliphatic heterocycles. The highest BCUT2D eigenvalue weighted by molar-refractivity contribution is 5.88. The van der Waals surface area contributed by atoms with Gasteiger partial charge in [0.15, 0.2) is 0 Å². The summed E-state index contributed by atoms with van der Waals surface area (Å²) in [6.45, 7) is 6.18. The normalized spacial score (nSPS) is 18.6. The highest BCUT2D eigenvalue weighted by atomic mass is 16.5. The molecule has 1 heterocycles. The Bertz CT molecular complexity index is 512. The molecule has 1 atom stereocenters. The monoisotopic (exact) mass is 320 g/mol. The molecule has 2 rings (SSSR count). The lowest BCUT2D eigenvalue weighted by Gasteiger charge is -2.38. The second-order valence-electron chi connectivity index (χ2n) is 6.69. The third-order valence-corrected chi connectivity index (χ3v) is 4.29. The largest absolute Gasteiger partial charge is 0.497 e. The van der Waals surface area contributed by atoms with Gasteiger partial charge >= 0.3 is 0 Å². The molecule has 0 bridgehead atoms. The fourth-order valence-corrected chi connectivity index (χ4v) is 3.11. The lowest BCUT2D eigenvalue weighted by atomic mass is 9.95. The van der Waals surface area contributed by atoms with E-state index in [2.05, 4.69) is 5.32 Å². The molecule has 0 radical (unpaired) electrons. The number of benzene rings is 1. The Hall–Kier alpha value is -1.75. The molecule has 5 heteroatoms. The van der Waals surface area contributed by atoms with Crippen molar-refractivity contribution in [3.8, 4) is 5.75 Å². The van der Waals surface area contributed by atoms with Crippen LogP contribution in [0.15, 0.2) is 24.3 Å². The van der Waals surface area contributed by atoms with Crippen LogP contribution in [0.5, 0.6) is 5.75 Å². The van der Waals surface area contributed by atoms with Crippen LogP contribution in [-0.4, -0.2) is 50.3 Å². The van der Waals surface area contributed by atoms with Gasteiger partial charge in [-0.2, -0.15) is 0 Å². The SMILES string of the molecule is COCC1CCCN(C(=O)C(C)(C)Nc2ccc(OC)cc2)C1. The van der Waals surface area contributed by atoms with Gasteiger partial charge in [0.25, 0.3) is 0 Å². The van der Waals surface area contributed by atoms with Gasteiger partial charge < -0.3 is 19.7 Å². The molecule has 0 saturated carbocycles. The highest BCUT2D eigenvalue weighted by Gasteiger charge is 2.34. The van der Waals surface area contributed by atoms with E-state index < -0.39 is 5.54 Å². The van der Waals surface area contributed by atoms with Gasteiger partial charge in [0, 0.05) is 25.9 Å². The molecule has 0 aliphatic carbocycles. The summed E-state index contributed by atoms with van der Waals surface area (Å²) in [5, 5.41) is 3.34. The quantitative estimate of drug-likeness (QED) is 0.876. The zero-order valence-corrected chi connectivity index (χ0v) is 14.6. The van der Waals surface area contributed by atoms with E-state index in [1.54, 1.807) is 14.2 Å². The van der Waals surface area contributed by atoms with Gasteiger partial charge in [-0.1, -0.05) is 0 Å². The van der Waals surface area contributed by atoms with Crippen molar-refractivity contribution in [2.24, 2.45) is 5.92 Å². The molecule has 0 spiro atoms. The number of amides is 1. The molecule has 0 aromatic heterocycles. The first-order valence-corrected chi connectivity index (χ1v) is 8.17. The molecule has 1 aromatic rings. The number of hydrogen-bond donors (Lipinski definition) is 1. The zero-order valence-electron chi connectivity index (χ0n) is 14.6. The van der Waals surface area contributed by atoms with Crippen LogP contribution in [0.1, 0.15) is 26.7 Å². The average molecular weight is 320 g/mol.